The van der Waals surface area contributed by atoms with Crippen LogP contribution in [0.2, 0.25) is 0 Å². The van der Waals surface area contributed by atoms with Crippen LogP contribution in [0.5, 0.6) is 0 Å². The van der Waals surface area contributed by atoms with E-state index in [2.05, 4.69) is 17.2 Å². The first-order valence-electron chi connectivity index (χ1n) is 3.04. The largest absolute Gasteiger partial charge is 0.478 e. The topological polar surface area (TPSA) is 78.4 Å². The van der Waals surface area contributed by atoms with Crippen LogP contribution in [0, 0.1) is 0 Å². The summed E-state index contributed by atoms with van der Waals surface area (Å²) in [6.07, 6.45) is 0.833. The molecule has 1 rings (SSSR count). The first-order valence-corrected chi connectivity index (χ1v) is 3.04. The Hall–Kier alpha value is -1.52. The normalized spacial score (nSPS) is 13.6. The Morgan fingerprint density at radius 2 is 1.91 bits per heavy atom. The third-order valence-electron chi connectivity index (χ3n) is 0.871. The van der Waals surface area contributed by atoms with E-state index in [1.807, 2.05) is 0 Å². The number of carboxylic acids is 1. The molecule has 62 valence electrons. The number of rotatable bonds is 1. The fourth-order valence-electron chi connectivity index (χ4n) is 0.415. The van der Waals surface area contributed by atoms with Crippen molar-refractivity contribution in [1.82, 2.24) is 10.6 Å². The molecular formula is C6H10N2O3. The number of aliphatic carboxylic acids is 1. The van der Waals surface area contributed by atoms with Gasteiger partial charge in [-0.15, -0.1) is 0 Å². The van der Waals surface area contributed by atoms with Gasteiger partial charge in [0.15, 0.2) is 0 Å². The summed E-state index contributed by atoms with van der Waals surface area (Å²) in [5, 5.41) is 12.7. The average Bonchev–Trinajstić information content (AvgIpc) is 2.41. The quantitative estimate of drug-likeness (QED) is 0.452. The molecule has 5 nitrogen and oxygen atoms in total. The van der Waals surface area contributed by atoms with Crippen molar-refractivity contribution in [2.75, 3.05) is 13.1 Å². The average molecular weight is 158 g/mol. The van der Waals surface area contributed by atoms with Crippen LogP contribution in [0.1, 0.15) is 0 Å². The summed E-state index contributed by atoms with van der Waals surface area (Å²) in [5.74, 6) is -0.981. The van der Waals surface area contributed by atoms with E-state index >= 15 is 0 Å². The van der Waals surface area contributed by atoms with Gasteiger partial charge in [0, 0.05) is 19.2 Å². The van der Waals surface area contributed by atoms with Crippen LogP contribution in [0.3, 0.4) is 0 Å². The molecule has 1 aliphatic rings. The second kappa shape index (κ2) is 5.28. The molecule has 11 heavy (non-hydrogen) atoms. The highest BCUT2D eigenvalue weighted by Crippen LogP contribution is 1.69. The van der Waals surface area contributed by atoms with Gasteiger partial charge in [0.2, 0.25) is 0 Å². The van der Waals surface area contributed by atoms with Crippen LogP contribution in [0.25, 0.3) is 0 Å². The number of amides is 2. The molecule has 0 unspecified atom stereocenters. The predicted molar refractivity (Wildman–Crippen MR) is 39.2 cm³/mol. The highest BCUT2D eigenvalue weighted by Gasteiger charge is 2.02. The summed E-state index contributed by atoms with van der Waals surface area (Å²) in [7, 11) is 0. The predicted octanol–water partition coefficient (Wildman–Crippen LogP) is -0.444. The maximum absolute atomic E-state index is 10.0. The molecule has 0 aliphatic carbocycles. The number of carboxylic acid groups (broad SMARTS) is 1. The van der Waals surface area contributed by atoms with Gasteiger partial charge in [-0.2, -0.15) is 0 Å². The Bertz CT molecular complexity index is 159. The molecule has 0 atom stereocenters. The Labute approximate surface area is 64.1 Å². The van der Waals surface area contributed by atoms with Crippen molar-refractivity contribution >= 4 is 12.0 Å². The highest BCUT2D eigenvalue weighted by atomic mass is 16.4. The summed E-state index contributed by atoms with van der Waals surface area (Å²) in [5.41, 5.74) is 0. The van der Waals surface area contributed by atoms with Gasteiger partial charge in [-0.1, -0.05) is 6.58 Å². The maximum Gasteiger partial charge on any atom is 0.327 e. The lowest BCUT2D eigenvalue weighted by Gasteiger charge is -1.80. The minimum Gasteiger partial charge on any atom is -0.478 e. The fourth-order valence-corrected chi connectivity index (χ4v) is 0.415. The van der Waals surface area contributed by atoms with E-state index in [1.54, 1.807) is 0 Å². The van der Waals surface area contributed by atoms with Gasteiger partial charge in [0.1, 0.15) is 0 Å². The number of urea groups is 1. The summed E-state index contributed by atoms with van der Waals surface area (Å²) in [6.45, 7) is 4.51. The van der Waals surface area contributed by atoms with Crippen molar-refractivity contribution < 1.29 is 14.7 Å². The van der Waals surface area contributed by atoms with Gasteiger partial charge in [0.25, 0.3) is 0 Å². The molecule has 0 aromatic carbocycles. The zero-order valence-electron chi connectivity index (χ0n) is 5.96. The monoisotopic (exact) mass is 158 g/mol. The molecule has 0 bridgehead atoms. The number of nitrogens with one attached hydrogen (secondary N) is 2. The van der Waals surface area contributed by atoms with Crippen LogP contribution in [0.4, 0.5) is 4.79 Å². The lowest BCUT2D eigenvalue weighted by atomic mass is 10.7. The van der Waals surface area contributed by atoms with Crippen molar-refractivity contribution in [1.29, 1.82) is 0 Å². The first-order chi connectivity index (χ1) is 5.16. The van der Waals surface area contributed by atoms with E-state index < -0.39 is 5.97 Å². The highest BCUT2D eigenvalue weighted by molar-refractivity contribution is 5.78. The fraction of sp³-hybridized carbons (Fsp3) is 0.333. The van der Waals surface area contributed by atoms with Crippen LogP contribution < -0.4 is 10.6 Å². The zero-order valence-corrected chi connectivity index (χ0v) is 5.96. The number of carbonyl (C=O) groups excluding carboxylic acids is 1. The van der Waals surface area contributed by atoms with E-state index in [4.69, 9.17) is 5.11 Å². The molecule has 0 aromatic heterocycles. The molecule has 0 saturated carbocycles. The minimum absolute atomic E-state index is 0.0463. The smallest absolute Gasteiger partial charge is 0.327 e. The van der Waals surface area contributed by atoms with Gasteiger partial charge < -0.3 is 15.7 Å². The Balaban J connectivity index is 0.000000187. The van der Waals surface area contributed by atoms with Gasteiger partial charge >= 0.3 is 12.0 Å². The van der Waals surface area contributed by atoms with Crippen molar-refractivity contribution in [3.8, 4) is 0 Å². The van der Waals surface area contributed by atoms with E-state index in [1.165, 1.54) is 0 Å². The molecule has 5 heteroatoms. The second-order valence-corrected chi connectivity index (χ2v) is 1.73. The summed E-state index contributed by atoms with van der Waals surface area (Å²) in [4.78, 5) is 19.3. The van der Waals surface area contributed by atoms with E-state index in [-0.39, 0.29) is 6.03 Å². The van der Waals surface area contributed by atoms with Gasteiger partial charge in [0.05, 0.1) is 0 Å². The van der Waals surface area contributed by atoms with Crippen LogP contribution in [-0.4, -0.2) is 30.2 Å². The standard InChI is InChI=1S/C3H6N2O.C3H4O2/c6-3-4-1-2-5-3;1-2-3(4)5/h1-2H2,(H2,4,5,6);2H,1H2,(H,4,5). The Morgan fingerprint density at radius 3 is 2.00 bits per heavy atom. The zero-order chi connectivity index (χ0) is 8.69. The van der Waals surface area contributed by atoms with Crippen LogP contribution in [0.15, 0.2) is 12.7 Å². The molecule has 1 saturated heterocycles. The van der Waals surface area contributed by atoms with Gasteiger partial charge in [-0.3, -0.25) is 0 Å². The summed E-state index contributed by atoms with van der Waals surface area (Å²) < 4.78 is 0. The second-order valence-electron chi connectivity index (χ2n) is 1.73. The van der Waals surface area contributed by atoms with Crippen molar-refractivity contribution in [2.45, 2.75) is 0 Å². The molecule has 0 aromatic rings. The van der Waals surface area contributed by atoms with Crippen molar-refractivity contribution in [2.24, 2.45) is 0 Å². The Morgan fingerprint density at radius 1 is 1.55 bits per heavy atom. The molecule has 1 aliphatic heterocycles. The lowest BCUT2D eigenvalue weighted by Crippen LogP contribution is -2.20. The van der Waals surface area contributed by atoms with Crippen LogP contribution >= 0.6 is 0 Å². The third-order valence-corrected chi connectivity index (χ3v) is 0.871. The van der Waals surface area contributed by atoms with Gasteiger partial charge in [-0.25, -0.2) is 9.59 Å². The number of hydrogen-bond acceptors (Lipinski definition) is 2. The maximum atomic E-state index is 10.0. The van der Waals surface area contributed by atoms with Crippen molar-refractivity contribution in [3.63, 3.8) is 0 Å². The van der Waals surface area contributed by atoms with Crippen LogP contribution in [-0.2, 0) is 4.79 Å². The number of carbonyl (C=O) groups is 2. The summed E-state index contributed by atoms with van der Waals surface area (Å²) >= 11 is 0. The summed E-state index contributed by atoms with van der Waals surface area (Å²) in [6, 6.07) is -0.0463. The molecule has 3 N–H and O–H groups in total. The molecule has 0 radical (unpaired) electrons. The number of hydrogen-bond donors (Lipinski definition) is 3. The minimum atomic E-state index is -0.981. The first kappa shape index (κ1) is 9.48. The van der Waals surface area contributed by atoms with E-state index in [0.29, 0.717) is 0 Å². The lowest BCUT2D eigenvalue weighted by molar-refractivity contribution is -0.131. The van der Waals surface area contributed by atoms with Crippen molar-refractivity contribution in [3.05, 3.63) is 12.7 Å². The van der Waals surface area contributed by atoms with E-state index in [0.717, 1.165) is 19.2 Å². The molecule has 0 spiro atoms. The van der Waals surface area contributed by atoms with Gasteiger partial charge in [-0.05, 0) is 0 Å². The SMILES string of the molecule is C=CC(=O)O.O=C1NCCN1. The molecular weight excluding hydrogens is 148 g/mol. The Kier molecular flexibility index (Phi) is 4.55. The molecule has 2 amide bonds. The molecule has 1 heterocycles. The molecule has 1 fully saturated rings. The van der Waals surface area contributed by atoms with E-state index in [9.17, 15) is 9.59 Å². The third kappa shape index (κ3) is 6.36.